The van der Waals surface area contributed by atoms with Crippen LogP contribution in [-0.2, 0) is 22.7 Å². The quantitative estimate of drug-likeness (QED) is 0.382. The van der Waals surface area contributed by atoms with Crippen molar-refractivity contribution < 1.29 is 14.5 Å². The smallest absolute Gasteiger partial charge is 0.269 e. The Kier molecular flexibility index (Phi) is 7.87. The summed E-state index contributed by atoms with van der Waals surface area (Å²) in [6, 6.07) is 10.6. The van der Waals surface area contributed by atoms with Crippen molar-refractivity contribution in [2.24, 2.45) is 11.7 Å². The molecule has 0 radical (unpaired) electrons. The van der Waals surface area contributed by atoms with Crippen LogP contribution in [0.25, 0.3) is 0 Å². The van der Waals surface area contributed by atoms with Gasteiger partial charge in [-0.15, -0.1) is 11.3 Å². The van der Waals surface area contributed by atoms with Crippen LogP contribution < -0.4 is 11.1 Å². The number of nitrogens with zero attached hydrogens (tertiary/aromatic N) is 3. The van der Waals surface area contributed by atoms with Gasteiger partial charge in [-0.1, -0.05) is 18.2 Å². The van der Waals surface area contributed by atoms with E-state index in [-0.39, 0.29) is 41.5 Å². The van der Waals surface area contributed by atoms with Gasteiger partial charge in [0.05, 0.1) is 4.92 Å². The average Bonchev–Trinajstić information content (AvgIpc) is 3.43. The monoisotopic (exact) mass is 525 g/mol. The zero-order valence-corrected chi connectivity index (χ0v) is 21.8. The van der Waals surface area contributed by atoms with E-state index in [4.69, 9.17) is 5.73 Å². The number of likely N-dealkylation sites (tertiary alicyclic amines) is 1. The van der Waals surface area contributed by atoms with Gasteiger partial charge in [-0.25, -0.2) is 0 Å². The molecule has 37 heavy (non-hydrogen) atoms. The number of non-ortho nitro benzene ring substituents is 1. The average molecular weight is 526 g/mol. The topological polar surface area (TPSA) is 122 Å². The van der Waals surface area contributed by atoms with Crippen LogP contribution in [0.4, 0.5) is 5.69 Å². The van der Waals surface area contributed by atoms with Gasteiger partial charge in [0, 0.05) is 60.7 Å². The predicted octanol–water partition coefficient (Wildman–Crippen LogP) is 3.42. The highest BCUT2D eigenvalue weighted by molar-refractivity contribution is 7.09. The molecule has 0 bridgehead atoms. The van der Waals surface area contributed by atoms with E-state index >= 15 is 0 Å². The van der Waals surface area contributed by atoms with Crippen molar-refractivity contribution in [3.8, 4) is 0 Å². The van der Waals surface area contributed by atoms with E-state index in [0.29, 0.717) is 26.1 Å². The summed E-state index contributed by atoms with van der Waals surface area (Å²) in [6.07, 6.45) is 5.95. The SMILES string of the molecule is NC1CCC(NC(=O)C2CC(N(Cc3ccc([N+](=O)[O-])cc3)Cc3cccs3)CN2C(=O)C2CC2)CC1. The Bertz CT molecular complexity index is 1100. The number of carbonyl (C=O) groups is 2. The number of rotatable bonds is 9. The largest absolute Gasteiger partial charge is 0.352 e. The summed E-state index contributed by atoms with van der Waals surface area (Å²) in [4.78, 5) is 42.8. The molecule has 2 unspecified atom stereocenters. The number of thiophene rings is 1. The second kappa shape index (κ2) is 11.3. The maximum atomic E-state index is 13.5. The summed E-state index contributed by atoms with van der Waals surface area (Å²) in [7, 11) is 0. The van der Waals surface area contributed by atoms with Crippen LogP contribution in [0, 0.1) is 16.0 Å². The molecule has 1 aromatic heterocycles. The molecule has 2 aliphatic carbocycles. The number of amides is 2. The van der Waals surface area contributed by atoms with Crippen LogP contribution in [0.2, 0.25) is 0 Å². The molecule has 1 aliphatic heterocycles. The number of nitro groups is 1. The first kappa shape index (κ1) is 25.8. The lowest BCUT2D eigenvalue weighted by molar-refractivity contribution is -0.384. The van der Waals surface area contributed by atoms with Gasteiger partial charge in [-0.3, -0.25) is 24.6 Å². The highest BCUT2D eigenvalue weighted by Gasteiger charge is 2.46. The van der Waals surface area contributed by atoms with Crippen LogP contribution in [0.5, 0.6) is 0 Å². The number of nitro benzene ring substituents is 1. The van der Waals surface area contributed by atoms with E-state index in [9.17, 15) is 19.7 Å². The van der Waals surface area contributed by atoms with E-state index in [2.05, 4.69) is 16.3 Å². The summed E-state index contributed by atoms with van der Waals surface area (Å²) < 4.78 is 0. The van der Waals surface area contributed by atoms with Gasteiger partial charge in [0.2, 0.25) is 11.8 Å². The fraction of sp³-hybridized carbons (Fsp3) is 0.556. The third kappa shape index (κ3) is 6.37. The third-order valence-electron chi connectivity index (χ3n) is 7.90. The molecule has 1 aromatic carbocycles. The van der Waals surface area contributed by atoms with Crippen LogP contribution in [-0.4, -0.2) is 57.2 Å². The first-order valence-corrected chi connectivity index (χ1v) is 14.1. The molecule has 2 heterocycles. The summed E-state index contributed by atoms with van der Waals surface area (Å²) in [5.74, 6) is 0.0882. The van der Waals surface area contributed by atoms with Crippen molar-refractivity contribution in [3.63, 3.8) is 0 Å². The lowest BCUT2D eigenvalue weighted by Crippen LogP contribution is -2.50. The Balaban J connectivity index is 1.33. The summed E-state index contributed by atoms with van der Waals surface area (Å²) in [5, 5.41) is 16.4. The molecule has 5 rings (SSSR count). The third-order valence-corrected chi connectivity index (χ3v) is 8.76. The van der Waals surface area contributed by atoms with Crippen molar-refractivity contribution in [2.75, 3.05) is 6.54 Å². The number of benzene rings is 1. The van der Waals surface area contributed by atoms with Crippen molar-refractivity contribution in [2.45, 2.75) is 82.2 Å². The summed E-state index contributed by atoms with van der Waals surface area (Å²) in [5.41, 5.74) is 7.07. The molecule has 198 valence electrons. The van der Waals surface area contributed by atoms with E-state index in [0.717, 1.165) is 44.1 Å². The van der Waals surface area contributed by atoms with Crippen LogP contribution >= 0.6 is 11.3 Å². The molecule has 10 heteroatoms. The van der Waals surface area contributed by atoms with E-state index in [1.54, 1.807) is 23.5 Å². The Labute approximate surface area is 221 Å². The predicted molar refractivity (Wildman–Crippen MR) is 142 cm³/mol. The van der Waals surface area contributed by atoms with Crippen molar-refractivity contribution >= 4 is 28.8 Å². The Morgan fingerprint density at radius 1 is 1.08 bits per heavy atom. The Morgan fingerprint density at radius 2 is 1.81 bits per heavy atom. The zero-order chi connectivity index (χ0) is 25.9. The number of hydrogen-bond donors (Lipinski definition) is 2. The van der Waals surface area contributed by atoms with Crippen molar-refractivity contribution in [1.82, 2.24) is 15.1 Å². The van der Waals surface area contributed by atoms with Gasteiger partial charge in [-0.2, -0.15) is 0 Å². The molecule has 3 fully saturated rings. The number of carbonyl (C=O) groups excluding carboxylic acids is 2. The highest BCUT2D eigenvalue weighted by Crippen LogP contribution is 2.35. The molecule has 2 amide bonds. The Morgan fingerprint density at radius 3 is 2.43 bits per heavy atom. The standard InChI is InChI=1S/C27H35N5O4S/c28-20-7-9-21(10-8-20)29-26(33)25-14-23(16-31(25)27(34)19-5-6-19)30(17-24-2-1-13-37-24)15-18-3-11-22(12-4-18)32(35)36/h1-4,11-13,19-21,23,25H,5-10,14-17,28H2,(H,29,33). The van der Waals surface area contributed by atoms with E-state index < -0.39 is 11.0 Å². The molecule has 2 saturated carbocycles. The van der Waals surface area contributed by atoms with Gasteiger partial charge in [0.15, 0.2) is 0 Å². The molecule has 3 N–H and O–H groups in total. The van der Waals surface area contributed by atoms with Gasteiger partial charge < -0.3 is 16.0 Å². The molecule has 2 aromatic rings. The zero-order valence-electron chi connectivity index (χ0n) is 21.0. The summed E-state index contributed by atoms with van der Waals surface area (Å²) >= 11 is 1.68. The maximum absolute atomic E-state index is 13.5. The Hall–Kier alpha value is -2.82. The maximum Gasteiger partial charge on any atom is 0.269 e. The fourth-order valence-corrected chi connectivity index (χ4v) is 6.30. The second-order valence-corrected chi connectivity index (χ2v) is 11.7. The second-order valence-electron chi connectivity index (χ2n) is 10.7. The normalized spacial score (nSPS) is 25.8. The lowest BCUT2D eigenvalue weighted by atomic mass is 9.91. The van der Waals surface area contributed by atoms with Gasteiger partial charge in [-0.05, 0) is 62.0 Å². The van der Waals surface area contributed by atoms with Crippen molar-refractivity contribution in [1.29, 1.82) is 0 Å². The fourth-order valence-electron chi connectivity index (χ4n) is 5.57. The van der Waals surface area contributed by atoms with E-state index in [1.807, 2.05) is 16.3 Å². The van der Waals surface area contributed by atoms with Gasteiger partial charge in [0.1, 0.15) is 6.04 Å². The first-order chi connectivity index (χ1) is 17.9. The van der Waals surface area contributed by atoms with Crippen LogP contribution in [0.15, 0.2) is 41.8 Å². The molecule has 0 spiro atoms. The number of nitrogens with one attached hydrogen (secondary N) is 1. The van der Waals surface area contributed by atoms with Gasteiger partial charge >= 0.3 is 0 Å². The molecule has 2 atom stereocenters. The number of hydrogen-bond acceptors (Lipinski definition) is 7. The van der Waals surface area contributed by atoms with Crippen molar-refractivity contribution in [3.05, 3.63) is 62.3 Å². The minimum Gasteiger partial charge on any atom is -0.352 e. The van der Waals surface area contributed by atoms with Crippen LogP contribution in [0.3, 0.4) is 0 Å². The van der Waals surface area contributed by atoms with Crippen LogP contribution in [0.1, 0.15) is 55.4 Å². The summed E-state index contributed by atoms with van der Waals surface area (Å²) in [6.45, 7) is 1.79. The number of nitrogens with two attached hydrogens (primary N) is 1. The molecule has 1 saturated heterocycles. The molecular formula is C27H35N5O4S. The molecule has 3 aliphatic rings. The lowest BCUT2D eigenvalue weighted by Gasteiger charge is -2.30. The van der Waals surface area contributed by atoms with Gasteiger partial charge in [0.25, 0.3) is 5.69 Å². The molecule has 9 nitrogen and oxygen atoms in total. The first-order valence-electron chi connectivity index (χ1n) is 13.2. The minimum atomic E-state index is -0.476. The van der Waals surface area contributed by atoms with E-state index in [1.165, 1.54) is 17.0 Å². The minimum absolute atomic E-state index is 0.00974. The molecular weight excluding hydrogens is 490 g/mol. The highest BCUT2D eigenvalue weighted by atomic mass is 32.1.